The van der Waals surface area contributed by atoms with Crippen molar-refractivity contribution in [2.45, 2.75) is 32.2 Å². The highest BCUT2D eigenvalue weighted by molar-refractivity contribution is 7.09. The minimum Gasteiger partial charge on any atom is -0.300 e. The van der Waals surface area contributed by atoms with Crippen LogP contribution in [0.25, 0.3) is 0 Å². The SMILES string of the molecule is CCCC(C#N)N1CCN(CCc2cccs2)CC1. The first kappa shape index (κ1) is 14.5. The fourth-order valence-corrected chi connectivity index (χ4v) is 3.32. The third kappa shape index (κ3) is 4.31. The molecule has 0 aliphatic carbocycles. The summed E-state index contributed by atoms with van der Waals surface area (Å²) in [7, 11) is 0. The van der Waals surface area contributed by atoms with Gasteiger partial charge in [0.1, 0.15) is 0 Å². The fraction of sp³-hybridized carbons (Fsp3) is 0.667. The van der Waals surface area contributed by atoms with Gasteiger partial charge in [-0.25, -0.2) is 0 Å². The minimum absolute atomic E-state index is 0.129. The van der Waals surface area contributed by atoms with Gasteiger partial charge in [-0.2, -0.15) is 5.26 Å². The Kier molecular flexibility index (Phi) is 5.84. The van der Waals surface area contributed by atoms with Gasteiger partial charge in [-0.1, -0.05) is 19.4 Å². The predicted molar refractivity (Wildman–Crippen MR) is 80.3 cm³/mol. The molecule has 0 radical (unpaired) electrons. The number of nitriles is 1. The van der Waals surface area contributed by atoms with Gasteiger partial charge in [0.2, 0.25) is 0 Å². The maximum absolute atomic E-state index is 9.20. The Balaban J connectivity index is 1.71. The molecule has 0 aromatic carbocycles. The van der Waals surface area contributed by atoms with Crippen molar-refractivity contribution in [2.24, 2.45) is 0 Å². The molecule has 0 bridgehead atoms. The molecule has 3 nitrogen and oxygen atoms in total. The van der Waals surface area contributed by atoms with Gasteiger partial charge in [-0.3, -0.25) is 4.90 Å². The zero-order valence-corrected chi connectivity index (χ0v) is 12.5. The van der Waals surface area contributed by atoms with Crippen molar-refractivity contribution in [2.75, 3.05) is 32.7 Å². The molecule has 0 N–H and O–H groups in total. The third-order valence-electron chi connectivity index (χ3n) is 3.81. The molecule has 4 heteroatoms. The van der Waals surface area contributed by atoms with Crippen molar-refractivity contribution in [3.63, 3.8) is 0 Å². The lowest BCUT2D eigenvalue weighted by Gasteiger charge is -2.36. The molecule has 0 spiro atoms. The highest BCUT2D eigenvalue weighted by Gasteiger charge is 2.22. The molecule has 104 valence electrons. The molecule has 0 saturated carbocycles. The molecule has 1 atom stereocenters. The molecule has 0 amide bonds. The molecule has 2 heterocycles. The highest BCUT2D eigenvalue weighted by Crippen LogP contribution is 2.13. The van der Waals surface area contributed by atoms with Crippen LogP contribution in [0.4, 0.5) is 0 Å². The second kappa shape index (κ2) is 7.64. The average molecular weight is 277 g/mol. The third-order valence-corrected chi connectivity index (χ3v) is 4.75. The first-order chi connectivity index (χ1) is 9.33. The normalized spacial score (nSPS) is 19.2. The van der Waals surface area contributed by atoms with Crippen molar-refractivity contribution in [1.82, 2.24) is 9.80 Å². The van der Waals surface area contributed by atoms with Gasteiger partial charge in [-0.15, -0.1) is 11.3 Å². The Morgan fingerprint density at radius 1 is 1.37 bits per heavy atom. The van der Waals surface area contributed by atoms with Gasteiger partial charge in [-0.05, 0) is 24.3 Å². The van der Waals surface area contributed by atoms with Crippen molar-refractivity contribution >= 4 is 11.3 Å². The monoisotopic (exact) mass is 277 g/mol. The van der Waals surface area contributed by atoms with E-state index in [1.165, 1.54) is 4.88 Å². The first-order valence-electron chi connectivity index (χ1n) is 7.22. The van der Waals surface area contributed by atoms with E-state index in [1.54, 1.807) is 0 Å². The van der Waals surface area contributed by atoms with E-state index in [9.17, 15) is 5.26 Å². The van der Waals surface area contributed by atoms with Crippen LogP contribution in [0.2, 0.25) is 0 Å². The Morgan fingerprint density at radius 3 is 2.74 bits per heavy atom. The highest BCUT2D eigenvalue weighted by atomic mass is 32.1. The first-order valence-corrected chi connectivity index (χ1v) is 8.10. The smallest absolute Gasteiger partial charge is 0.0978 e. The van der Waals surface area contributed by atoms with Crippen molar-refractivity contribution in [1.29, 1.82) is 5.26 Å². The number of hydrogen-bond acceptors (Lipinski definition) is 4. The van der Waals surface area contributed by atoms with Crippen LogP contribution in [0.5, 0.6) is 0 Å². The number of thiophene rings is 1. The molecular formula is C15H23N3S. The van der Waals surface area contributed by atoms with Crippen molar-refractivity contribution in [3.8, 4) is 6.07 Å². The van der Waals surface area contributed by atoms with Crippen molar-refractivity contribution in [3.05, 3.63) is 22.4 Å². The van der Waals surface area contributed by atoms with E-state index in [0.717, 1.165) is 52.0 Å². The van der Waals surface area contributed by atoms with E-state index in [1.807, 2.05) is 11.3 Å². The second-order valence-corrected chi connectivity index (χ2v) is 6.17. The second-order valence-electron chi connectivity index (χ2n) is 5.14. The minimum atomic E-state index is 0.129. The van der Waals surface area contributed by atoms with Crippen LogP contribution in [0, 0.1) is 11.3 Å². The van der Waals surface area contributed by atoms with E-state index in [0.29, 0.717) is 0 Å². The largest absolute Gasteiger partial charge is 0.300 e. The summed E-state index contributed by atoms with van der Waals surface area (Å²) in [4.78, 5) is 6.35. The zero-order chi connectivity index (χ0) is 13.5. The van der Waals surface area contributed by atoms with Crippen LogP contribution in [0.1, 0.15) is 24.6 Å². The maximum atomic E-state index is 9.20. The maximum Gasteiger partial charge on any atom is 0.0978 e. The van der Waals surface area contributed by atoms with E-state index in [-0.39, 0.29) is 6.04 Å². The van der Waals surface area contributed by atoms with Gasteiger partial charge in [0.05, 0.1) is 12.1 Å². The van der Waals surface area contributed by atoms with Crippen LogP contribution in [0.15, 0.2) is 17.5 Å². The number of piperazine rings is 1. The quantitative estimate of drug-likeness (QED) is 0.800. The van der Waals surface area contributed by atoms with Crippen LogP contribution in [0.3, 0.4) is 0 Å². The topological polar surface area (TPSA) is 30.3 Å². The standard InChI is InChI=1S/C15H23N3S/c1-2-4-14(13-16)18-10-8-17(9-11-18)7-6-15-5-3-12-19-15/h3,5,12,14H,2,4,6-11H2,1H3. The summed E-state index contributed by atoms with van der Waals surface area (Å²) in [5, 5.41) is 11.3. The number of nitrogens with zero attached hydrogens (tertiary/aromatic N) is 3. The number of hydrogen-bond donors (Lipinski definition) is 0. The molecule has 1 aliphatic heterocycles. The van der Waals surface area contributed by atoms with Crippen LogP contribution in [-0.4, -0.2) is 48.6 Å². The summed E-state index contributed by atoms with van der Waals surface area (Å²) in [6.45, 7) is 7.60. The molecule has 2 rings (SSSR count). The summed E-state index contributed by atoms with van der Waals surface area (Å²) in [6, 6.07) is 6.92. The molecule has 1 unspecified atom stereocenters. The molecule has 1 aromatic rings. The van der Waals surface area contributed by atoms with E-state index < -0.39 is 0 Å². The summed E-state index contributed by atoms with van der Waals surface area (Å²) >= 11 is 1.85. The zero-order valence-electron chi connectivity index (χ0n) is 11.7. The summed E-state index contributed by atoms with van der Waals surface area (Å²) in [5.74, 6) is 0. The Labute approximate surface area is 120 Å². The fourth-order valence-electron chi connectivity index (χ4n) is 2.62. The molecule has 1 fully saturated rings. The summed E-state index contributed by atoms with van der Waals surface area (Å²) < 4.78 is 0. The predicted octanol–water partition coefficient (Wildman–Crippen LogP) is 2.60. The number of rotatable bonds is 6. The van der Waals surface area contributed by atoms with Crippen LogP contribution in [-0.2, 0) is 6.42 Å². The lowest BCUT2D eigenvalue weighted by Crippen LogP contribution is -2.50. The lowest BCUT2D eigenvalue weighted by molar-refractivity contribution is 0.112. The Hall–Kier alpha value is -0.890. The summed E-state index contributed by atoms with van der Waals surface area (Å²) in [5.41, 5.74) is 0. The van der Waals surface area contributed by atoms with Gasteiger partial charge < -0.3 is 4.90 Å². The van der Waals surface area contributed by atoms with Gasteiger partial charge >= 0.3 is 0 Å². The van der Waals surface area contributed by atoms with Gasteiger partial charge in [0, 0.05) is 37.6 Å². The Bertz CT molecular complexity index is 388. The average Bonchev–Trinajstić information content (AvgIpc) is 2.96. The molecule has 1 aromatic heterocycles. The van der Waals surface area contributed by atoms with E-state index in [4.69, 9.17) is 0 Å². The van der Waals surface area contributed by atoms with E-state index >= 15 is 0 Å². The Morgan fingerprint density at radius 2 is 2.16 bits per heavy atom. The molecule has 1 saturated heterocycles. The van der Waals surface area contributed by atoms with Crippen molar-refractivity contribution < 1.29 is 0 Å². The molecule has 19 heavy (non-hydrogen) atoms. The lowest BCUT2D eigenvalue weighted by atomic mass is 10.1. The van der Waals surface area contributed by atoms with Gasteiger partial charge in [0.25, 0.3) is 0 Å². The van der Waals surface area contributed by atoms with Crippen LogP contribution >= 0.6 is 11.3 Å². The van der Waals surface area contributed by atoms with E-state index in [2.05, 4.69) is 40.3 Å². The summed E-state index contributed by atoms with van der Waals surface area (Å²) in [6.07, 6.45) is 3.26. The molecule has 1 aliphatic rings. The van der Waals surface area contributed by atoms with Crippen LogP contribution < -0.4 is 0 Å². The molecular weight excluding hydrogens is 254 g/mol. The van der Waals surface area contributed by atoms with Gasteiger partial charge in [0.15, 0.2) is 0 Å².